The van der Waals surface area contributed by atoms with E-state index < -0.39 is 12.0 Å². The van der Waals surface area contributed by atoms with E-state index in [9.17, 15) is 4.79 Å². The number of carboxylic acid groups (broad SMARTS) is 1. The smallest absolute Gasteiger partial charge is 0.320 e. The van der Waals surface area contributed by atoms with Crippen LogP contribution in [0.15, 0.2) is 0 Å². The molecule has 0 aromatic carbocycles. The van der Waals surface area contributed by atoms with E-state index in [1.54, 1.807) is 6.92 Å². The molecule has 0 spiro atoms. The van der Waals surface area contributed by atoms with Crippen molar-refractivity contribution in [2.75, 3.05) is 13.2 Å². The van der Waals surface area contributed by atoms with Crippen LogP contribution >= 0.6 is 0 Å². The number of rotatable bonds is 3. The van der Waals surface area contributed by atoms with Crippen LogP contribution in [-0.2, 0) is 9.53 Å². The summed E-state index contributed by atoms with van der Waals surface area (Å²) in [6.45, 7) is 3.09. The van der Waals surface area contributed by atoms with Gasteiger partial charge in [0.1, 0.15) is 6.04 Å². The summed E-state index contributed by atoms with van der Waals surface area (Å²) >= 11 is 0. The summed E-state index contributed by atoms with van der Waals surface area (Å²) in [5.41, 5.74) is 0. The Labute approximate surface area is 71.9 Å². The van der Waals surface area contributed by atoms with Crippen molar-refractivity contribution in [2.24, 2.45) is 0 Å². The SMILES string of the molecule is CC(NC1CCCOC1)C(=O)O. The monoisotopic (exact) mass is 173 g/mol. The molecule has 70 valence electrons. The molecule has 4 heteroatoms. The van der Waals surface area contributed by atoms with Crippen LogP contribution in [-0.4, -0.2) is 36.4 Å². The largest absolute Gasteiger partial charge is 0.480 e. The lowest BCUT2D eigenvalue weighted by molar-refractivity contribution is -0.139. The Morgan fingerprint density at radius 2 is 2.50 bits per heavy atom. The van der Waals surface area contributed by atoms with E-state index in [2.05, 4.69) is 5.32 Å². The van der Waals surface area contributed by atoms with Crippen molar-refractivity contribution in [1.82, 2.24) is 5.32 Å². The fraction of sp³-hybridized carbons (Fsp3) is 0.875. The number of hydrogen-bond acceptors (Lipinski definition) is 3. The van der Waals surface area contributed by atoms with Gasteiger partial charge in [-0.3, -0.25) is 10.1 Å². The summed E-state index contributed by atoms with van der Waals surface area (Å²) in [7, 11) is 0. The zero-order chi connectivity index (χ0) is 8.97. The Balaban J connectivity index is 2.24. The maximum atomic E-state index is 10.5. The first kappa shape index (κ1) is 9.48. The lowest BCUT2D eigenvalue weighted by Crippen LogP contribution is -2.45. The molecule has 2 unspecified atom stereocenters. The molecular formula is C8H15NO3. The highest BCUT2D eigenvalue weighted by Gasteiger charge is 2.18. The molecule has 0 aliphatic carbocycles. The van der Waals surface area contributed by atoms with Crippen LogP contribution in [0.25, 0.3) is 0 Å². The Morgan fingerprint density at radius 3 is 3.00 bits per heavy atom. The van der Waals surface area contributed by atoms with Gasteiger partial charge in [-0.1, -0.05) is 0 Å². The molecule has 0 bridgehead atoms. The number of carbonyl (C=O) groups is 1. The molecule has 0 radical (unpaired) electrons. The Bertz CT molecular complexity index is 154. The van der Waals surface area contributed by atoms with Crippen LogP contribution < -0.4 is 5.32 Å². The molecule has 0 saturated carbocycles. The van der Waals surface area contributed by atoms with Gasteiger partial charge >= 0.3 is 5.97 Å². The van der Waals surface area contributed by atoms with E-state index in [4.69, 9.17) is 9.84 Å². The van der Waals surface area contributed by atoms with Crippen molar-refractivity contribution >= 4 is 5.97 Å². The lowest BCUT2D eigenvalue weighted by Gasteiger charge is -2.24. The maximum Gasteiger partial charge on any atom is 0.320 e. The van der Waals surface area contributed by atoms with E-state index in [1.165, 1.54) is 0 Å². The van der Waals surface area contributed by atoms with E-state index in [1.807, 2.05) is 0 Å². The molecule has 1 aliphatic rings. The topological polar surface area (TPSA) is 58.6 Å². The second-order valence-electron chi connectivity index (χ2n) is 3.14. The van der Waals surface area contributed by atoms with Gasteiger partial charge in [0.05, 0.1) is 6.61 Å². The molecule has 0 amide bonds. The summed E-state index contributed by atoms with van der Waals surface area (Å²) in [6, 6.07) is -0.262. The average molecular weight is 173 g/mol. The van der Waals surface area contributed by atoms with E-state index in [0.717, 1.165) is 19.4 Å². The van der Waals surface area contributed by atoms with Crippen molar-refractivity contribution in [3.05, 3.63) is 0 Å². The predicted molar refractivity (Wildman–Crippen MR) is 44.1 cm³/mol. The molecule has 0 aromatic heterocycles. The van der Waals surface area contributed by atoms with E-state index in [0.29, 0.717) is 6.61 Å². The predicted octanol–water partition coefficient (Wildman–Crippen LogP) is 0.228. The third kappa shape index (κ3) is 2.79. The van der Waals surface area contributed by atoms with Gasteiger partial charge in [0, 0.05) is 12.6 Å². The second kappa shape index (κ2) is 4.42. The van der Waals surface area contributed by atoms with Crippen molar-refractivity contribution in [3.8, 4) is 0 Å². The zero-order valence-electron chi connectivity index (χ0n) is 7.25. The molecule has 2 atom stereocenters. The van der Waals surface area contributed by atoms with Gasteiger partial charge in [-0.25, -0.2) is 0 Å². The summed E-state index contributed by atoms with van der Waals surface area (Å²) in [5.74, 6) is -0.805. The highest BCUT2D eigenvalue weighted by atomic mass is 16.5. The maximum absolute atomic E-state index is 10.5. The van der Waals surface area contributed by atoms with Crippen LogP contribution in [0.3, 0.4) is 0 Å². The van der Waals surface area contributed by atoms with Gasteiger partial charge in [0.25, 0.3) is 0 Å². The van der Waals surface area contributed by atoms with Gasteiger partial charge < -0.3 is 9.84 Å². The van der Waals surface area contributed by atoms with Crippen LogP contribution in [0.5, 0.6) is 0 Å². The molecule has 1 aliphatic heterocycles. The van der Waals surface area contributed by atoms with Crippen molar-refractivity contribution < 1.29 is 14.6 Å². The molecule has 1 heterocycles. The highest BCUT2D eigenvalue weighted by molar-refractivity contribution is 5.72. The first-order chi connectivity index (χ1) is 5.70. The van der Waals surface area contributed by atoms with E-state index in [-0.39, 0.29) is 6.04 Å². The first-order valence-electron chi connectivity index (χ1n) is 4.26. The first-order valence-corrected chi connectivity index (χ1v) is 4.26. The third-order valence-corrected chi connectivity index (χ3v) is 2.02. The molecule has 2 N–H and O–H groups in total. The Morgan fingerprint density at radius 1 is 1.75 bits per heavy atom. The fourth-order valence-corrected chi connectivity index (χ4v) is 1.30. The van der Waals surface area contributed by atoms with Crippen molar-refractivity contribution in [2.45, 2.75) is 31.8 Å². The van der Waals surface area contributed by atoms with Gasteiger partial charge in [0.15, 0.2) is 0 Å². The summed E-state index contributed by atoms with van der Waals surface area (Å²) in [6.07, 6.45) is 2.03. The number of hydrogen-bond donors (Lipinski definition) is 2. The van der Waals surface area contributed by atoms with Crippen molar-refractivity contribution in [3.63, 3.8) is 0 Å². The number of aliphatic carboxylic acids is 1. The fourth-order valence-electron chi connectivity index (χ4n) is 1.30. The van der Waals surface area contributed by atoms with Crippen LogP contribution in [0, 0.1) is 0 Å². The third-order valence-electron chi connectivity index (χ3n) is 2.02. The number of nitrogens with one attached hydrogen (secondary N) is 1. The van der Waals surface area contributed by atoms with Gasteiger partial charge in [0.2, 0.25) is 0 Å². The molecule has 0 aromatic rings. The standard InChI is InChI=1S/C8H15NO3/c1-6(8(10)11)9-7-3-2-4-12-5-7/h6-7,9H,2-5H2,1H3,(H,10,11). The summed E-state index contributed by atoms with van der Waals surface area (Å²) < 4.78 is 5.21. The lowest BCUT2D eigenvalue weighted by atomic mass is 10.1. The quantitative estimate of drug-likeness (QED) is 0.641. The zero-order valence-corrected chi connectivity index (χ0v) is 7.25. The summed E-state index contributed by atoms with van der Waals surface area (Å²) in [5, 5.41) is 11.6. The molecule has 12 heavy (non-hydrogen) atoms. The van der Waals surface area contributed by atoms with Gasteiger partial charge in [-0.05, 0) is 19.8 Å². The minimum absolute atomic E-state index is 0.213. The van der Waals surface area contributed by atoms with Crippen molar-refractivity contribution in [1.29, 1.82) is 0 Å². The molecule has 4 nitrogen and oxygen atoms in total. The number of carboxylic acids is 1. The minimum Gasteiger partial charge on any atom is -0.480 e. The van der Waals surface area contributed by atoms with Crippen LogP contribution in [0.4, 0.5) is 0 Å². The average Bonchev–Trinajstić information content (AvgIpc) is 2.06. The second-order valence-corrected chi connectivity index (χ2v) is 3.14. The van der Waals surface area contributed by atoms with Crippen LogP contribution in [0.2, 0.25) is 0 Å². The number of ether oxygens (including phenoxy) is 1. The molecule has 1 fully saturated rings. The molecular weight excluding hydrogens is 158 g/mol. The normalized spacial score (nSPS) is 26.6. The van der Waals surface area contributed by atoms with Gasteiger partial charge in [-0.2, -0.15) is 0 Å². The molecule has 1 rings (SSSR count). The Hall–Kier alpha value is -0.610. The van der Waals surface area contributed by atoms with Gasteiger partial charge in [-0.15, -0.1) is 0 Å². The minimum atomic E-state index is -0.805. The Kier molecular flexibility index (Phi) is 3.49. The molecule has 1 saturated heterocycles. The highest BCUT2D eigenvalue weighted by Crippen LogP contribution is 2.06. The van der Waals surface area contributed by atoms with Crippen LogP contribution in [0.1, 0.15) is 19.8 Å². The van der Waals surface area contributed by atoms with E-state index >= 15 is 0 Å². The summed E-state index contributed by atoms with van der Waals surface area (Å²) in [4.78, 5) is 10.5.